The molecule has 0 aliphatic carbocycles. The number of hydrogen-bond donors (Lipinski definition) is 4. The number of piperidine rings is 4. The first-order valence-corrected chi connectivity index (χ1v) is 35.1. The molecule has 3 aromatic carbocycles. The van der Waals surface area contributed by atoms with Crippen molar-refractivity contribution in [2.45, 2.75) is 175 Å². The Balaban J connectivity index is 0.000000236. The molecule has 4 fully saturated rings. The molecule has 4 aliphatic rings. The number of pyridine rings is 2. The molecule has 0 spiro atoms. The van der Waals surface area contributed by atoms with Crippen molar-refractivity contribution in [1.29, 1.82) is 0 Å². The van der Waals surface area contributed by atoms with Crippen molar-refractivity contribution in [3.8, 4) is 0 Å². The highest BCUT2D eigenvalue weighted by molar-refractivity contribution is 7.19. The topological polar surface area (TPSA) is 274 Å². The number of nitrogen functional groups attached to an aromatic ring is 1. The van der Waals surface area contributed by atoms with Gasteiger partial charge in [0.05, 0.1) is 66.3 Å². The molecule has 4 saturated heterocycles. The number of amides is 7. The lowest BCUT2D eigenvalue weighted by Gasteiger charge is -2.38. The lowest BCUT2D eigenvalue weighted by molar-refractivity contribution is -0.146. The number of nitrogens with zero attached hydrogens (tertiary/aromatic N) is 8. The number of aromatic nitrogens is 4. The van der Waals surface area contributed by atoms with Crippen LogP contribution in [0.3, 0.4) is 0 Å². The summed E-state index contributed by atoms with van der Waals surface area (Å²) in [4.78, 5) is 118. The number of thiazole rings is 2. The largest absolute Gasteiger partial charge is 0.445 e. The summed E-state index contributed by atoms with van der Waals surface area (Å²) in [6, 6.07) is 25.0. The average molecular weight is 1350 g/mol. The van der Waals surface area contributed by atoms with Crippen molar-refractivity contribution >= 4 is 108 Å². The maximum absolute atomic E-state index is 14.0. The SMILES string of the molecule is CCc1cc(NC(=O)C(=O)N2C[C@@H](C)CCC2c2ccc3sc(C4CCN(C(=O)OCc5ccccc5)CC4)nc3c2)cnc1N(C(=O)OC(C)(C)C)C(=O)OC(C)(C)C.CCc1cc(NC(=O)C(=O)N2C[C@@H](C)CC[C@@H]2c2ccc3sc(C4CCNCC4)nc3c2)cnc1N. The number of imide groups is 1. The van der Waals surface area contributed by atoms with Gasteiger partial charge >= 0.3 is 41.9 Å². The Kier molecular flexibility index (Phi) is 22.4. The van der Waals surface area contributed by atoms with Crippen LogP contribution in [0.15, 0.2) is 91.3 Å². The van der Waals surface area contributed by atoms with Crippen molar-refractivity contribution in [2.75, 3.05) is 60.5 Å². The highest BCUT2D eigenvalue weighted by atomic mass is 32.1. The summed E-state index contributed by atoms with van der Waals surface area (Å²) in [6.07, 6.45) is 8.81. The summed E-state index contributed by atoms with van der Waals surface area (Å²) in [7, 11) is 0. The number of benzene rings is 3. The van der Waals surface area contributed by atoms with Gasteiger partial charge in [-0.1, -0.05) is 70.2 Å². The number of rotatable bonds is 11. The number of nitrogens with two attached hydrogens (primary N) is 1. The van der Waals surface area contributed by atoms with Crippen molar-refractivity contribution < 1.29 is 47.8 Å². The van der Waals surface area contributed by atoms with Gasteiger partial charge < -0.3 is 50.6 Å². The van der Waals surface area contributed by atoms with Gasteiger partial charge in [0.1, 0.15) is 23.6 Å². The molecule has 8 heterocycles. The van der Waals surface area contributed by atoms with E-state index in [1.165, 1.54) is 22.1 Å². The third kappa shape index (κ3) is 17.5. The van der Waals surface area contributed by atoms with Gasteiger partial charge in [-0.3, -0.25) is 19.2 Å². The van der Waals surface area contributed by atoms with E-state index >= 15 is 0 Å². The molecule has 7 aromatic rings. The summed E-state index contributed by atoms with van der Waals surface area (Å²) in [5.41, 5.74) is 10.8. The summed E-state index contributed by atoms with van der Waals surface area (Å²) < 4.78 is 18.8. The Hall–Kier alpha value is -8.61. The molecule has 1 unspecified atom stereocenters. The Morgan fingerprint density at radius 3 is 1.58 bits per heavy atom. The van der Waals surface area contributed by atoms with Crippen LogP contribution in [0.2, 0.25) is 0 Å². The van der Waals surface area contributed by atoms with Gasteiger partial charge in [0.15, 0.2) is 5.82 Å². The van der Waals surface area contributed by atoms with Crippen LogP contribution in [0.1, 0.15) is 182 Å². The normalized spacial score (nSPS) is 18.8. The van der Waals surface area contributed by atoms with Crippen LogP contribution in [-0.2, 0) is 52.8 Å². The van der Waals surface area contributed by atoms with Crippen LogP contribution in [0.25, 0.3) is 20.4 Å². The maximum Gasteiger partial charge on any atom is 0.425 e. The predicted octanol–water partition coefficient (Wildman–Crippen LogP) is 13.6. The van der Waals surface area contributed by atoms with Crippen LogP contribution in [0.4, 0.5) is 37.4 Å². The minimum atomic E-state index is -0.956. The van der Waals surface area contributed by atoms with Crippen molar-refractivity contribution in [1.82, 2.24) is 40.0 Å². The van der Waals surface area contributed by atoms with Gasteiger partial charge in [-0.2, -0.15) is 4.90 Å². The lowest BCUT2D eigenvalue weighted by Crippen LogP contribution is -2.46. The second kappa shape index (κ2) is 30.6. The van der Waals surface area contributed by atoms with E-state index in [4.69, 9.17) is 29.9 Å². The number of fused-ring (bicyclic) bond motifs is 2. The van der Waals surface area contributed by atoms with Crippen molar-refractivity contribution in [3.05, 3.63) is 129 Å². The van der Waals surface area contributed by atoms with Crippen LogP contribution in [0.5, 0.6) is 0 Å². The van der Waals surface area contributed by atoms with Crippen molar-refractivity contribution in [2.24, 2.45) is 11.8 Å². The van der Waals surface area contributed by atoms with E-state index in [2.05, 4.69) is 58.0 Å². The average Bonchev–Trinajstić information content (AvgIpc) is 1.35. The Morgan fingerprint density at radius 2 is 1.09 bits per heavy atom. The molecule has 510 valence electrons. The van der Waals surface area contributed by atoms with E-state index < -0.39 is 47.0 Å². The van der Waals surface area contributed by atoms with Crippen LogP contribution >= 0.6 is 22.7 Å². The zero-order valence-electron chi connectivity index (χ0n) is 56.7. The van der Waals surface area contributed by atoms with E-state index in [1.54, 1.807) is 91.0 Å². The quantitative estimate of drug-likeness (QED) is 0.0692. The molecular weight excluding hydrogens is 1260 g/mol. The van der Waals surface area contributed by atoms with Gasteiger partial charge in [-0.25, -0.2) is 34.3 Å². The van der Waals surface area contributed by atoms with Crippen LogP contribution in [-0.4, -0.2) is 127 Å². The zero-order chi connectivity index (χ0) is 68.6. The van der Waals surface area contributed by atoms with Crippen molar-refractivity contribution in [3.63, 3.8) is 0 Å². The summed E-state index contributed by atoms with van der Waals surface area (Å²) >= 11 is 3.43. The zero-order valence-corrected chi connectivity index (χ0v) is 58.3. The fraction of sp³-hybridized carbons (Fsp3) is 0.486. The number of likely N-dealkylation sites (tertiary alicyclic amines) is 3. The number of aryl methyl sites for hydroxylation is 2. The van der Waals surface area contributed by atoms with Gasteiger partial charge in [-0.05, 0) is 195 Å². The third-order valence-corrected chi connectivity index (χ3v) is 20.2. The van der Waals surface area contributed by atoms with E-state index in [1.807, 2.05) is 62.4 Å². The Bertz CT molecular complexity index is 3940. The number of carbonyl (C=O) groups is 7. The molecule has 7 amide bonds. The first-order chi connectivity index (χ1) is 45.8. The molecule has 24 heteroatoms. The number of ether oxygens (including phenoxy) is 3. The molecule has 4 atom stereocenters. The fourth-order valence-electron chi connectivity index (χ4n) is 12.7. The third-order valence-electron chi connectivity index (χ3n) is 17.8. The van der Waals surface area contributed by atoms with E-state index in [-0.39, 0.29) is 48.1 Å². The first-order valence-electron chi connectivity index (χ1n) is 33.5. The van der Waals surface area contributed by atoms with Gasteiger partial charge in [0.2, 0.25) is 0 Å². The van der Waals surface area contributed by atoms with E-state index in [0.29, 0.717) is 74.3 Å². The fourth-order valence-corrected chi connectivity index (χ4v) is 15.0. The minimum Gasteiger partial charge on any atom is -0.445 e. The first kappa shape index (κ1) is 70.2. The second-order valence-corrected chi connectivity index (χ2v) is 29.7. The summed E-state index contributed by atoms with van der Waals surface area (Å²) in [6.45, 7) is 22.6. The number of hydrogen-bond acceptors (Lipinski definition) is 18. The Morgan fingerprint density at radius 1 is 0.615 bits per heavy atom. The predicted molar refractivity (Wildman–Crippen MR) is 374 cm³/mol. The summed E-state index contributed by atoms with van der Waals surface area (Å²) in [5.74, 6) is -0.976. The lowest BCUT2D eigenvalue weighted by atomic mass is 9.89. The van der Waals surface area contributed by atoms with E-state index in [0.717, 1.165) is 106 Å². The van der Waals surface area contributed by atoms with Gasteiger partial charge in [0, 0.05) is 38.0 Å². The minimum absolute atomic E-state index is 0.000487. The number of anilines is 4. The van der Waals surface area contributed by atoms with E-state index in [9.17, 15) is 33.6 Å². The molecule has 0 bridgehead atoms. The monoisotopic (exact) mass is 1350 g/mol. The smallest absolute Gasteiger partial charge is 0.425 e. The Labute approximate surface area is 569 Å². The highest BCUT2D eigenvalue weighted by Crippen LogP contribution is 2.41. The number of carbonyl (C=O) groups excluding carboxylic acids is 7. The molecule has 96 heavy (non-hydrogen) atoms. The highest BCUT2D eigenvalue weighted by Gasteiger charge is 2.39. The second-order valence-electron chi connectivity index (χ2n) is 27.6. The van der Waals surface area contributed by atoms with Gasteiger partial charge in [0.25, 0.3) is 0 Å². The summed E-state index contributed by atoms with van der Waals surface area (Å²) in [5, 5.41) is 11.1. The molecule has 0 radical (unpaired) electrons. The van der Waals surface area contributed by atoms with Gasteiger partial charge in [-0.15, -0.1) is 22.7 Å². The molecule has 22 nitrogen and oxygen atoms in total. The molecule has 0 saturated carbocycles. The molecule has 11 rings (SSSR count). The molecular formula is C72H90N12O10S2. The maximum atomic E-state index is 14.0. The molecule has 4 aliphatic heterocycles. The molecule has 5 N–H and O–H groups in total. The van der Waals surface area contributed by atoms with Crippen LogP contribution in [0, 0.1) is 11.8 Å². The standard InChI is InChI=1S/C45H56N6O8S.C27H34N6O2S/c1-9-30-23-33(25-46-37(30)51(42(55)58-44(3,4)5)43(56)59-45(6,7)8)47-38(52)40(53)50-26-28(2)15-17-35(50)32-16-18-36-34(24-32)48-39(60-36)31-19-21-49(22-20-31)41(54)57-27-29-13-11-10-12-14-29;1-3-17-12-20(14-30-24(17)28)31-25(34)27(35)33-15-16(2)4-6-22(33)19-5-7-23-21(13-19)32-26(36-23)18-8-10-29-11-9-18/h10-14,16,18,23-25,28,31,35H,9,15,17,19-22,26-27H2,1-8H3,(H,47,52);5,7,12-14,16,18,22,29H,3-4,6,8-11,15H2,1-2H3,(H2,28,30)(H,31,34)/t28-,35?;16-,22+/m00/s1. The number of nitrogens with one attached hydrogen (secondary N) is 3. The molecule has 4 aromatic heterocycles. The van der Waals surface area contributed by atoms with Crippen LogP contribution < -0.4 is 26.6 Å².